The van der Waals surface area contributed by atoms with Crippen molar-refractivity contribution in [3.05, 3.63) is 0 Å². The number of ether oxygens (including phenoxy) is 1. The highest BCUT2D eigenvalue weighted by atomic mass is 16.5. The quantitative estimate of drug-likeness (QED) is 0.738. The molecule has 0 aliphatic heterocycles. The van der Waals surface area contributed by atoms with Gasteiger partial charge in [-0.3, -0.25) is 4.90 Å². The van der Waals surface area contributed by atoms with Gasteiger partial charge in [0.2, 0.25) is 11.9 Å². The molecule has 1 fully saturated rings. The summed E-state index contributed by atoms with van der Waals surface area (Å²) in [5.74, 6) is 0.649. The van der Waals surface area contributed by atoms with Crippen LogP contribution in [0.1, 0.15) is 33.1 Å². The number of nitrogens with two attached hydrogens (primary N) is 1. The molecule has 7 heteroatoms. The summed E-state index contributed by atoms with van der Waals surface area (Å²) >= 11 is 0. The Hall–Kier alpha value is -1.63. The fourth-order valence-corrected chi connectivity index (χ4v) is 1.93. The fourth-order valence-electron chi connectivity index (χ4n) is 1.93. The lowest BCUT2D eigenvalue weighted by molar-refractivity contribution is 0.256. The summed E-state index contributed by atoms with van der Waals surface area (Å²) in [5, 5.41) is 3.20. The maximum atomic E-state index is 5.66. The molecule has 20 heavy (non-hydrogen) atoms. The third-order valence-corrected chi connectivity index (χ3v) is 3.44. The second-order valence-corrected chi connectivity index (χ2v) is 5.27. The lowest BCUT2D eigenvalue weighted by atomic mass is 10.3. The molecule has 0 radical (unpaired) electrons. The maximum Gasteiger partial charge on any atom is 0.323 e. The third kappa shape index (κ3) is 4.19. The number of aromatic nitrogens is 3. The first-order valence-electron chi connectivity index (χ1n) is 7.20. The largest absolute Gasteiger partial charge is 0.463 e. The average molecular weight is 280 g/mol. The van der Waals surface area contributed by atoms with Crippen molar-refractivity contribution >= 4 is 11.9 Å². The van der Waals surface area contributed by atoms with E-state index in [9.17, 15) is 0 Å². The molecule has 0 aromatic carbocycles. The van der Waals surface area contributed by atoms with Gasteiger partial charge in [-0.15, -0.1) is 0 Å². The van der Waals surface area contributed by atoms with Gasteiger partial charge in [-0.2, -0.15) is 15.0 Å². The van der Waals surface area contributed by atoms with Crippen molar-refractivity contribution < 1.29 is 4.74 Å². The molecule has 7 nitrogen and oxygen atoms in total. The number of anilines is 2. The molecule has 0 saturated heterocycles. The van der Waals surface area contributed by atoms with Gasteiger partial charge in [-0.1, -0.05) is 6.92 Å². The van der Waals surface area contributed by atoms with Gasteiger partial charge in [-0.05, 0) is 33.2 Å². The summed E-state index contributed by atoms with van der Waals surface area (Å²) in [7, 11) is 2.15. The van der Waals surface area contributed by atoms with Crippen LogP contribution in [0.25, 0.3) is 0 Å². The summed E-state index contributed by atoms with van der Waals surface area (Å²) in [6.45, 7) is 5.55. The number of likely N-dealkylation sites (N-methyl/N-ethyl adjacent to an activating group) is 1. The van der Waals surface area contributed by atoms with Crippen molar-refractivity contribution in [2.45, 2.75) is 45.2 Å². The Bertz CT molecular complexity index is 437. The number of nitrogens with one attached hydrogen (secondary N) is 1. The van der Waals surface area contributed by atoms with Gasteiger partial charge in [0.05, 0.1) is 6.61 Å². The molecule has 1 aliphatic rings. The first kappa shape index (κ1) is 14.8. The molecule has 0 bridgehead atoms. The van der Waals surface area contributed by atoms with Crippen LogP contribution in [-0.4, -0.2) is 52.1 Å². The Morgan fingerprint density at radius 1 is 1.40 bits per heavy atom. The Morgan fingerprint density at radius 3 is 2.80 bits per heavy atom. The minimum atomic E-state index is 0.178. The van der Waals surface area contributed by atoms with Crippen LogP contribution < -0.4 is 15.8 Å². The van der Waals surface area contributed by atoms with E-state index in [1.807, 2.05) is 6.92 Å². The van der Waals surface area contributed by atoms with Crippen molar-refractivity contribution in [2.24, 2.45) is 0 Å². The molecule has 112 valence electrons. The number of hydrogen-bond acceptors (Lipinski definition) is 7. The standard InChI is InChI=1S/C13H24N6O/c1-4-7-20-13-17-11(14)16-12(18-13)15-8-9(2)19(3)10-5-6-10/h9-10H,4-8H2,1-3H3,(H3,14,15,16,17,18). The monoisotopic (exact) mass is 280 g/mol. The number of nitrogens with zero attached hydrogens (tertiary/aromatic N) is 4. The topological polar surface area (TPSA) is 89.2 Å². The molecule has 1 saturated carbocycles. The Kier molecular flexibility index (Phi) is 4.94. The highest BCUT2D eigenvalue weighted by Gasteiger charge is 2.28. The van der Waals surface area contributed by atoms with E-state index >= 15 is 0 Å². The summed E-state index contributed by atoms with van der Waals surface area (Å²) < 4.78 is 5.39. The predicted octanol–water partition coefficient (Wildman–Crippen LogP) is 1.14. The summed E-state index contributed by atoms with van der Waals surface area (Å²) in [4.78, 5) is 14.6. The zero-order valence-corrected chi connectivity index (χ0v) is 12.5. The van der Waals surface area contributed by atoms with E-state index in [2.05, 4.69) is 39.1 Å². The lowest BCUT2D eigenvalue weighted by Gasteiger charge is -2.24. The van der Waals surface area contributed by atoms with Crippen molar-refractivity contribution in [3.63, 3.8) is 0 Å². The van der Waals surface area contributed by atoms with E-state index < -0.39 is 0 Å². The van der Waals surface area contributed by atoms with Gasteiger partial charge in [0.15, 0.2) is 0 Å². The number of nitrogen functional groups attached to an aromatic ring is 1. The van der Waals surface area contributed by atoms with Gasteiger partial charge in [0.1, 0.15) is 0 Å². The molecule has 1 atom stereocenters. The van der Waals surface area contributed by atoms with E-state index in [-0.39, 0.29) is 12.0 Å². The van der Waals surface area contributed by atoms with Crippen LogP contribution in [0, 0.1) is 0 Å². The highest BCUT2D eigenvalue weighted by molar-refractivity contribution is 5.32. The molecule has 1 aromatic heterocycles. The Morgan fingerprint density at radius 2 is 2.15 bits per heavy atom. The molecule has 1 aromatic rings. The van der Waals surface area contributed by atoms with Crippen LogP contribution in [0.15, 0.2) is 0 Å². The van der Waals surface area contributed by atoms with Gasteiger partial charge < -0.3 is 15.8 Å². The van der Waals surface area contributed by atoms with Gasteiger partial charge in [0.25, 0.3) is 0 Å². The summed E-state index contributed by atoms with van der Waals surface area (Å²) in [6.07, 6.45) is 3.50. The maximum absolute atomic E-state index is 5.66. The highest BCUT2D eigenvalue weighted by Crippen LogP contribution is 2.26. The van der Waals surface area contributed by atoms with Gasteiger partial charge in [-0.25, -0.2) is 0 Å². The molecule has 1 unspecified atom stereocenters. The minimum absolute atomic E-state index is 0.178. The van der Waals surface area contributed by atoms with E-state index in [0.717, 1.165) is 19.0 Å². The SMILES string of the molecule is CCCOc1nc(N)nc(NCC(C)N(C)C2CC2)n1. The van der Waals surface area contributed by atoms with Gasteiger partial charge in [0, 0.05) is 18.6 Å². The smallest absolute Gasteiger partial charge is 0.323 e. The van der Waals surface area contributed by atoms with Crippen molar-refractivity contribution in [3.8, 4) is 6.01 Å². The fraction of sp³-hybridized carbons (Fsp3) is 0.769. The van der Waals surface area contributed by atoms with Crippen LogP contribution in [0.3, 0.4) is 0 Å². The lowest BCUT2D eigenvalue weighted by Crippen LogP contribution is -2.36. The molecular weight excluding hydrogens is 256 g/mol. The van der Waals surface area contributed by atoms with Crippen LogP contribution in [0.4, 0.5) is 11.9 Å². The van der Waals surface area contributed by atoms with Crippen LogP contribution in [-0.2, 0) is 0 Å². The van der Waals surface area contributed by atoms with Crippen LogP contribution in [0.5, 0.6) is 6.01 Å². The van der Waals surface area contributed by atoms with Crippen molar-refractivity contribution in [1.82, 2.24) is 19.9 Å². The summed E-state index contributed by atoms with van der Waals surface area (Å²) in [5.41, 5.74) is 5.66. The number of hydrogen-bond donors (Lipinski definition) is 2. The third-order valence-electron chi connectivity index (χ3n) is 3.44. The summed E-state index contributed by atoms with van der Waals surface area (Å²) in [6, 6.07) is 1.43. The molecule has 2 rings (SSSR count). The predicted molar refractivity (Wildman–Crippen MR) is 78.8 cm³/mol. The zero-order valence-electron chi connectivity index (χ0n) is 12.5. The molecular formula is C13H24N6O. The van der Waals surface area contributed by atoms with E-state index in [1.165, 1.54) is 12.8 Å². The van der Waals surface area contributed by atoms with Crippen molar-refractivity contribution in [1.29, 1.82) is 0 Å². The van der Waals surface area contributed by atoms with Gasteiger partial charge >= 0.3 is 6.01 Å². The second kappa shape index (κ2) is 6.69. The average Bonchev–Trinajstić information content (AvgIpc) is 3.25. The number of rotatable bonds is 8. The first-order chi connectivity index (χ1) is 9.60. The minimum Gasteiger partial charge on any atom is -0.463 e. The Balaban J connectivity index is 1.89. The molecule has 3 N–H and O–H groups in total. The van der Waals surface area contributed by atoms with Crippen molar-refractivity contribution in [2.75, 3.05) is 31.2 Å². The first-order valence-corrected chi connectivity index (χ1v) is 7.20. The molecule has 0 amide bonds. The van der Waals surface area contributed by atoms with E-state index in [4.69, 9.17) is 10.5 Å². The van der Waals surface area contributed by atoms with E-state index in [1.54, 1.807) is 0 Å². The van der Waals surface area contributed by atoms with Crippen LogP contribution in [0.2, 0.25) is 0 Å². The zero-order chi connectivity index (χ0) is 14.5. The second-order valence-electron chi connectivity index (χ2n) is 5.27. The normalized spacial score (nSPS) is 16.2. The van der Waals surface area contributed by atoms with E-state index in [0.29, 0.717) is 18.6 Å². The van der Waals surface area contributed by atoms with Crippen LogP contribution >= 0.6 is 0 Å². The molecule has 1 heterocycles. The molecule has 0 spiro atoms. The Labute approximate surface area is 119 Å². The molecule has 1 aliphatic carbocycles.